The normalized spacial score (nSPS) is 10.1. The maximum atomic E-state index is 9.51. The molecule has 1 rings (SSSR count). The molecule has 0 fully saturated rings. The Hall–Kier alpha value is 0.840. The second-order valence-corrected chi connectivity index (χ2v) is 5.74. The Labute approximate surface area is 150 Å². The SMILES string of the molecule is O=S(=O)([O-])CS(=O)(=O)[O-].Oc1ccccc1.[Na+].[Na+]. The molecule has 11 heteroatoms. The molecule has 92 valence electrons. The molecule has 1 N–H and O–H groups in total. The van der Waals surface area contributed by atoms with Crippen LogP contribution in [0.25, 0.3) is 0 Å². The molecule has 0 aliphatic heterocycles. The van der Waals surface area contributed by atoms with Gasteiger partial charge >= 0.3 is 59.1 Å². The van der Waals surface area contributed by atoms with Gasteiger partial charge in [0.2, 0.25) is 0 Å². The maximum absolute atomic E-state index is 9.51. The summed E-state index contributed by atoms with van der Waals surface area (Å²) in [5.41, 5.74) is 0. The van der Waals surface area contributed by atoms with Crippen molar-refractivity contribution < 1.29 is 90.2 Å². The van der Waals surface area contributed by atoms with Gasteiger partial charge in [0.05, 0.1) is 0 Å². The van der Waals surface area contributed by atoms with Crippen molar-refractivity contribution in [2.75, 3.05) is 5.08 Å². The molecular weight excluding hydrogens is 306 g/mol. The first-order valence-corrected chi connectivity index (χ1v) is 6.87. The Morgan fingerprint density at radius 2 is 1.22 bits per heavy atom. The van der Waals surface area contributed by atoms with Crippen LogP contribution in [0.5, 0.6) is 5.75 Å². The van der Waals surface area contributed by atoms with Crippen LogP contribution in [0.2, 0.25) is 0 Å². The van der Waals surface area contributed by atoms with E-state index in [9.17, 15) is 25.9 Å². The van der Waals surface area contributed by atoms with Crippen LogP contribution in [-0.4, -0.2) is 36.1 Å². The fourth-order valence-corrected chi connectivity index (χ4v) is 2.02. The van der Waals surface area contributed by atoms with Crippen LogP contribution < -0.4 is 59.1 Å². The molecule has 0 aliphatic rings. The van der Waals surface area contributed by atoms with Gasteiger partial charge in [0.1, 0.15) is 31.1 Å². The Morgan fingerprint density at radius 3 is 1.33 bits per heavy atom. The van der Waals surface area contributed by atoms with Crippen molar-refractivity contribution in [1.29, 1.82) is 0 Å². The largest absolute Gasteiger partial charge is 1.00 e. The number of rotatable bonds is 2. The van der Waals surface area contributed by atoms with Crippen molar-refractivity contribution in [2.45, 2.75) is 0 Å². The van der Waals surface area contributed by atoms with Gasteiger partial charge < -0.3 is 14.2 Å². The van der Waals surface area contributed by atoms with Gasteiger partial charge in [-0.25, -0.2) is 16.8 Å². The van der Waals surface area contributed by atoms with E-state index in [1.165, 1.54) is 0 Å². The van der Waals surface area contributed by atoms with Gasteiger partial charge in [-0.15, -0.1) is 0 Å². The summed E-state index contributed by atoms with van der Waals surface area (Å²) in [6.45, 7) is 0. The number of phenolic OH excluding ortho intramolecular Hbond substituents is 1. The topological polar surface area (TPSA) is 135 Å². The maximum Gasteiger partial charge on any atom is 1.00 e. The van der Waals surface area contributed by atoms with Crippen LogP contribution in [-0.2, 0) is 20.2 Å². The average molecular weight is 314 g/mol. The summed E-state index contributed by atoms with van der Waals surface area (Å²) in [5, 5.41) is 6.76. The molecule has 1 aromatic carbocycles. The number of hydrogen-bond donors (Lipinski definition) is 1. The first kappa shape index (κ1) is 23.9. The number of hydrogen-bond acceptors (Lipinski definition) is 7. The van der Waals surface area contributed by atoms with E-state index in [4.69, 9.17) is 5.11 Å². The van der Waals surface area contributed by atoms with Gasteiger partial charge in [-0.1, -0.05) is 18.2 Å². The minimum Gasteiger partial charge on any atom is -0.747 e. The molecule has 0 bridgehead atoms. The quantitative estimate of drug-likeness (QED) is 0.423. The summed E-state index contributed by atoms with van der Waals surface area (Å²) in [7, 11) is -9.86. The monoisotopic (exact) mass is 314 g/mol. The van der Waals surface area contributed by atoms with Crippen LogP contribution in [0.15, 0.2) is 30.3 Å². The van der Waals surface area contributed by atoms with E-state index in [1.807, 2.05) is 6.07 Å². The Bertz CT molecular complexity index is 482. The van der Waals surface area contributed by atoms with Crippen molar-refractivity contribution >= 4 is 20.2 Å². The number of phenols is 1. The third-order valence-electron chi connectivity index (χ3n) is 1.04. The molecule has 0 spiro atoms. The molecule has 1 aromatic rings. The minimum atomic E-state index is -4.93. The summed E-state index contributed by atoms with van der Waals surface area (Å²) in [5.74, 6) is 0.322. The molecule has 0 saturated carbocycles. The van der Waals surface area contributed by atoms with Crippen molar-refractivity contribution in [3.8, 4) is 5.75 Å². The van der Waals surface area contributed by atoms with Crippen LogP contribution >= 0.6 is 0 Å². The van der Waals surface area contributed by atoms with E-state index < -0.39 is 25.3 Å². The van der Waals surface area contributed by atoms with E-state index in [0.717, 1.165) is 0 Å². The Balaban J connectivity index is -0.000000229. The molecule has 0 unspecified atom stereocenters. The van der Waals surface area contributed by atoms with Gasteiger partial charge in [-0.3, -0.25) is 0 Å². The van der Waals surface area contributed by atoms with Crippen molar-refractivity contribution in [3.63, 3.8) is 0 Å². The molecule has 0 aromatic heterocycles. The fraction of sp³-hybridized carbons (Fsp3) is 0.143. The van der Waals surface area contributed by atoms with Crippen molar-refractivity contribution in [1.82, 2.24) is 0 Å². The van der Waals surface area contributed by atoms with Gasteiger partial charge in [0.25, 0.3) is 0 Å². The molecule has 0 aliphatic carbocycles. The van der Waals surface area contributed by atoms with E-state index >= 15 is 0 Å². The summed E-state index contributed by atoms with van der Waals surface area (Å²) < 4.78 is 57.1. The third kappa shape index (κ3) is 19.2. The van der Waals surface area contributed by atoms with Gasteiger partial charge in [0.15, 0.2) is 0 Å². The van der Waals surface area contributed by atoms with Crippen LogP contribution in [0, 0.1) is 0 Å². The Morgan fingerprint density at radius 1 is 0.889 bits per heavy atom. The zero-order chi connectivity index (χ0) is 12.8. The minimum absolute atomic E-state index is 0. The average Bonchev–Trinajstić information content (AvgIpc) is 1.99. The zero-order valence-corrected chi connectivity index (χ0v) is 15.4. The fourth-order valence-electron chi connectivity index (χ4n) is 0.605. The van der Waals surface area contributed by atoms with Crippen molar-refractivity contribution in [2.24, 2.45) is 0 Å². The van der Waals surface area contributed by atoms with Crippen molar-refractivity contribution in [3.05, 3.63) is 30.3 Å². The first-order chi connectivity index (χ1) is 7.10. The molecule has 7 nitrogen and oxygen atoms in total. The summed E-state index contributed by atoms with van der Waals surface area (Å²) >= 11 is 0. The van der Waals surface area contributed by atoms with Crippen LogP contribution in [0.4, 0.5) is 0 Å². The van der Waals surface area contributed by atoms with Crippen LogP contribution in [0.1, 0.15) is 0 Å². The second kappa shape index (κ2) is 10.6. The molecule has 0 radical (unpaired) electrons. The summed E-state index contributed by atoms with van der Waals surface area (Å²) in [6, 6.07) is 8.71. The number of aromatic hydroxyl groups is 1. The molecule has 0 heterocycles. The van der Waals surface area contributed by atoms with E-state index in [0.29, 0.717) is 5.75 Å². The third-order valence-corrected chi connectivity index (χ3v) is 3.35. The smallest absolute Gasteiger partial charge is 0.747 e. The predicted molar refractivity (Wildman–Crippen MR) is 52.4 cm³/mol. The van der Waals surface area contributed by atoms with Gasteiger partial charge in [-0.05, 0) is 12.1 Å². The second-order valence-electron chi connectivity index (χ2n) is 2.57. The summed E-state index contributed by atoms with van der Waals surface area (Å²) in [6.07, 6.45) is 0. The molecular formula is C7H8Na2O7S2. The zero-order valence-electron chi connectivity index (χ0n) is 9.81. The van der Waals surface area contributed by atoms with E-state index in [-0.39, 0.29) is 59.1 Å². The Kier molecular flexibility index (Phi) is 14.1. The van der Waals surface area contributed by atoms with E-state index in [2.05, 4.69) is 0 Å². The molecule has 18 heavy (non-hydrogen) atoms. The molecule has 0 atom stereocenters. The number of benzene rings is 1. The van der Waals surface area contributed by atoms with E-state index in [1.54, 1.807) is 24.3 Å². The molecule has 0 saturated heterocycles. The first-order valence-electron chi connectivity index (χ1n) is 3.71. The van der Waals surface area contributed by atoms with Gasteiger partial charge in [-0.2, -0.15) is 0 Å². The molecule has 0 amide bonds. The van der Waals surface area contributed by atoms with Crippen LogP contribution in [0.3, 0.4) is 0 Å². The predicted octanol–water partition coefficient (Wildman–Crippen LogP) is -6.57. The standard InChI is InChI=1S/C6H6O.CH4O6S2.2Na/c7-6-4-2-1-3-5-6;2-8(3,4)1-9(5,6)7;;/h1-5,7H;1H2,(H,2,3,4)(H,5,6,7);;/q;;2*+1/p-2. The number of para-hydroxylation sites is 1. The summed E-state index contributed by atoms with van der Waals surface area (Å²) in [4.78, 5) is 0. The van der Waals surface area contributed by atoms with Gasteiger partial charge in [0, 0.05) is 0 Å².